The number of rotatable bonds is 12. The maximum Gasteiger partial charge on any atom is 0.490 e. The molecule has 17 heteroatoms. The molecule has 0 aliphatic rings. The summed E-state index contributed by atoms with van der Waals surface area (Å²) in [6, 6.07) is 11.1. The number of carbonyl (C=O) groups is 2. The highest BCUT2D eigenvalue weighted by Gasteiger charge is 2.38. The van der Waals surface area contributed by atoms with E-state index >= 15 is 0 Å². The zero-order valence-corrected chi connectivity index (χ0v) is 21.0. The molecule has 0 spiro atoms. The third-order valence-corrected chi connectivity index (χ3v) is 6.12. The van der Waals surface area contributed by atoms with Crippen LogP contribution in [0.1, 0.15) is 12.0 Å². The number of nitrogens with two attached hydrogens (primary N) is 2. The predicted octanol–water partition coefficient (Wildman–Crippen LogP) is 1.92. The van der Waals surface area contributed by atoms with E-state index in [1.54, 1.807) is 30.3 Å². The molecule has 2 rings (SSSR count). The Balaban J connectivity index is 0.000000905. The third-order valence-electron chi connectivity index (χ3n) is 4.15. The smallest absolute Gasteiger partial charge is 0.490 e. The fourth-order valence-electron chi connectivity index (χ4n) is 2.48. The van der Waals surface area contributed by atoms with Gasteiger partial charge < -0.3 is 31.3 Å². The van der Waals surface area contributed by atoms with E-state index in [1.165, 1.54) is 18.2 Å². The van der Waals surface area contributed by atoms with Crippen LogP contribution in [-0.4, -0.2) is 62.0 Å². The molecule has 1 atom stereocenters. The number of guanidine groups is 1. The van der Waals surface area contributed by atoms with E-state index < -0.39 is 34.2 Å². The summed E-state index contributed by atoms with van der Waals surface area (Å²) < 4.78 is 64.5. The number of nitrogens with one attached hydrogen (secondary N) is 1. The Labute approximate surface area is 220 Å². The molecule has 0 heterocycles. The summed E-state index contributed by atoms with van der Waals surface area (Å²) in [6.45, 7) is 0.635. The van der Waals surface area contributed by atoms with Crippen LogP contribution < -0.4 is 20.9 Å². The molecular formula is C21H24ClF3N4O8S. The van der Waals surface area contributed by atoms with Gasteiger partial charge in [0, 0.05) is 6.42 Å². The molecule has 0 saturated heterocycles. The van der Waals surface area contributed by atoms with Gasteiger partial charge in [0.25, 0.3) is 0 Å². The summed E-state index contributed by atoms with van der Waals surface area (Å²) in [4.78, 5) is 25.2. The first-order chi connectivity index (χ1) is 17.6. The van der Waals surface area contributed by atoms with Crippen LogP contribution >= 0.6 is 11.6 Å². The molecule has 0 aromatic heterocycles. The quantitative estimate of drug-likeness (QED) is 0.106. The van der Waals surface area contributed by atoms with E-state index in [1.807, 2.05) is 0 Å². The Hall–Kier alpha value is -3.76. The van der Waals surface area contributed by atoms with Gasteiger partial charge in [0.15, 0.2) is 0 Å². The van der Waals surface area contributed by atoms with Crippen LogP contribution in [0, 0.1) is 0 Å². The lowest BCUT2D eigenvalue weighted by molar-refractivity contribution is -0.192. The topological polar surface area (TPSA) is 204 Å². The van der Waals surface area contributed by atoms with Crippen LogP contribution in [0.2, 0.25) is 5.02 Å². The van der Waals surface area contributed by atoms with Gasteiger partial charge in [-0.25, -0.2) is 13.2 Å². The molecule has 7 N–H and O–H groups in total. The van der Waals surface area contributed by atoms with Gasteiger partial charge in [-0.15, -0.1) is 0 Å². The second-order valence-corrected chi connectivity index (χ2v) is 9.23. The molecule has 2 aromatic carbocycles. The van der Waals surface area contributed by atoms with Crippen LogP contribution in [0.3, 0.4) is 0 Å². The number of nitrogens with zero attached hydrogens (tertiary/aromatic N) is 1. The number of ether oxygens (including phenoxy) is 1. The minimum absolute atomic E-state index is 0.00402. The standard InChI is InChI=1S/C19H23ClN4O6S.C2HF3O2/c20-15-4-1-2-5-17(15)31(27,28)24-16(18(25)26)12-13-6-8-14(9-7-13)29-10-3-11-30-23-19(21)22;3-2(4,5)1(6)7/h1-2,4-9,16,24H,3,10-12H2,(H,25,26)(H4,21,22,23);(H,6,7)/t16-;/m0./s1. The van der Waals surface area contributed by atoms with Crippen molar-refractivity contribution in [2.45, 2.75) is 30.0 Å². The van der Waals surface area contributed by atoms with E-state index in [9.17, 15) is 31.5 Å². The Morgan fingerprint density at radius 1 is 1.05 bits per heavy atom. The van der Waals surface area contributed by atoms with Gasteiger partial charge >= 0.3 is 18.1 Å². The zero-order chi connectivity index (χ0) is 28.9. The molecule has 0 radical (unpaired) electrons. The number of hydrogen-bond acceptors (Lipinski definition) is 7. The van der Waals surface area contributed by atoms with Crippen molar-refractivity contribution in [3.63, 3.8) is 0 Å². The number of carboxylic acids is 2. The SMILES string of the molecule is NC(N)=NOCCCOc1ccc(C[C@H](NS(=O)(=O)c2ccccc2Cl)C(=O)O)cc1.O=C(O)C(F)(F)F. The number of benzene rings is 2. The molecule has 12 nitrogen and oxygen atoms in total. The maximum absolute atomic E-state index is 12.5. The van der Waals surface area contributed by atoms with Gasteiger partial charge in [-0.2, -0.15) is 17.9 Å². The number of hydrogen-bond donors (Lipinski definition) is 5. The fraction of sp³-hybridized carbons (Fsp3) is 0.286. The molecule has 0 bridgehead atoms. The van der Waals surface area contributed by atoms with E-state index in [0.717, 1.165) is 0 Å². The maximum atomic E-state index is 12.5. The van der Waals surface area contributed by atoms with Crippen LogP contribution in [-0.2, 0) is 30.9 Å². The summed E-state index contributed by atoms with van der Waals surface area (Å²) in [5.41, 5.74) is 10.9. The lowest BCUT2D eigenvalue weighted by Gasteiger charge is -2.16. The van der Waals surface area contributed by atoms with Gasteiger partial charge in [-0.3, -0.25) is 4.79 Å². The number of alkyl halides is 3. The minimum Gasteiger partial charge on any atom is -0.493 e. The van der Waals surface area contributed by atoms with Crippen molar-refractivity contribution < 1.29 is 51.0 Å². The Bertz CT molecular complexity index is 1210. The first kappa shape index (κ1) is 32.3. The zero-order valence-electron chi connectivity index (χ0n) is 19.4. The molecule has 210 valence electrons. The molecule has 0 aliphatic carbocycles. The van der Waals surface area contributed by atoms with Crippen molar-refractivity contribution in [1.29, 1.82) is 0 Å². The number of carboxylic acid groups (broad SMARTS) is 2. The second-order valence-electron chi connectivity index (χ2n) is 7.14. The molecule has 0 aliphatic heterocycles. The fourth-order valence-corrected chi connectivity index (χ4v) is 4.19. The lowest BCUT2D eigenvalue weighted by atomic mass is 10.1. The molecule has 0 fully saturated rings. The number of sulfonamides is 1. The summed E-state index contributed by atoms with van der Waals surface area (Å²) in [7, 11) is -4.11. The first-order valence-electron chi connectivity index (χ1n) is 10.4. The molecule has 0 saturated carbocycles. The van der Waals surface area contributed by atoms with Crippen molar-refractivity contribution >= 4 is 39.5 Å². The van der Waals surface area contributed by atoms with Crippen molar-refractivity contribution in [3.05, 3.63) is 59.1 Å². The summed E-state index contributed by atoms with van der Waals surface area (Å²) in [5, 5.41) is 20.0. The Morgan fingerprint density at radius 2 is 1.63 bits per heavy atom. The van der Waals surface area contributed by atoms with Crippen LogP contribution in [0.5, 0.6) is 5.75 Å². The average molecular weight is 585 g/mol. The average Bonchev–Trinajstić information content (AvgIpc) is 2.81. The summed E-state index contributed by atoms with van der Waals surface area (Å²) in [5.74, 6) is -3.66. The highest BCUT2D eigenvalue weighted by atomic mass is 35.5. The predicted molar refractivity (Wildman–Crippen MR) is 129 cm³/mol. The van der Waals surface area contributed by atoms with Crippen LogP contribution in [0.15, 0.2) is 58.6 Å². The van der Waals surface area contributed by atoms with Crippen molar-refractivity contribution in [2.75, 3.05) is 13.2 Å². The number of aliphatic carboxylic acids is 2. The highest BCUT2D eigenvalue weighted by molar-refractivity contribution is 7.89. The van der Waals surface area contributed by atoms with Crippen molar-refractivity contribution in [2.24, 2.45) is 16.6 Å². The van der Waals surface area contributed by atoms with E-state index in [0.29, 0.717) is 24.3 Å². The van der Waals surface area contributed by atoms with Gasteiger partial charge in [0.05, 0.1) is 11.6 Å². The third kappa shape index (κ3) is 12.0. The van der Waals surface area contributed by atoms with Crippen molar-refractivity contribution in [1.82, 2.24) is 4.72 Å². The summed E-state index contributed by atoms with van der Waals surface area (Å²) >= 11 is 5.93. The van der Waals surface area contributed by atoms with Crippen LogP contribution in [0.25, 0.3) is 0 Å². The number of oxime groups is 1. The summed E-state index contributed by atoms with van der Waals surface area (Å²) in [6.07, 6.45) is -4.60. The first-order valence-corrected chi connectivity index (χ1v) is 12.2. The highest BCUT2D eigenvalue weighted by Crippen LogP contribution is 2.21. The molecule has 2 aromatic rings. The van der Waals surface area contributed by atoms with Crippen molar-refractivity contribution in [3.8, 4) is 5.75 Å². The largest absolute Gasteiger partial charge is 0.493 e. The van der Waals surface area contributed by atoms with Gasteiger partial charge in [0.1, 0.15) is 23.3 Å². The van der Waals surface area contributed by atoms with Gasteiger partial charge in [-0.05, 0) is 41.4 Å². The molecule has 38 heavy (non-hydrogen) atoms. The van der Waals surface area contributed by atoms with E-state index in [4.69, 9.17) is 42.5 Å². The lowest BCUT2D eigenvalue weighted by Crippen LogP contribution is -2.42. The Kier molecular flexibility index (Phi) is 12.6. The molecule has 0 unspecified atom stereocenters. The van der Waals surface area contributed by atoms with E-state index in [2.05, 4.69) is 9.88 Å². The Morgan fingerprint density at radius 3 is 2.13 bits per heavy atom. The van der Waals surface area contributed by atoms with Gasteiger partial charge in [-0.1, -0.05) is 35.9 Å². The van der Waals surface area contributed by atoms with E-state index in [-0.39, 0.29) is 28.9 Å². The van der Waals surface area contributed by atoms with Gasteiger partial charge in [0.2, 0.25) is 16.0 Å². The number of halogens is 4. The second kappa shape index (κ2) is 14.8. The van der Waals surface area contributed by atoms with Crippen LogP contribution in [0.4, 0.5) is 13.2 Å². The molecular weight excluding hydrogens is 561 g/mol. The minimum atomic E-state index is -5.08. The normalized spacial score (nSPS) is 11.9. The molecule has 0 amide bonds. The monoisotopic (exact) mass is 584 g/mol.